The Morgan fingerprint density at radius 2 is 1.76 bits per heavy atom. The Kier molecular flexibility index (Phi) is 4.03. The van der Waals surface area contributed by atoms with E-state index in [-0.39, 0.29) is 11.4 Å². The van der Waals surface area contributed by atoms with Crippen LogP contribution in [-0.4, -0.2) is 31.3 Å². The molecule has 0 amide bonds. The number of benzene rings is 2. The van der Waals surface area contributed by atoms with Crippen LogP contribution >= 0.6 is 0 Å². The summed E-state index contributed by atoms with van der Waals surface area (Å²) < 4.78 is 34.8. The van der Waals surface area contributed by atoms with Gasteiger partial charge in [-0.25, -0.2) is 13.1 Å². The minimum absolute atomic E-state index is 0.160. The number of hydrogen-bond acceptors (Lipinski definition) is 4. The predicted molar refractivity (Wildman–Crippen MR) is 94.2 cm³/mol. The van der Waals surface area contributed by atoms with Gasteiger partial charge in [0.25, 0.3) is 10.0 Å². The molecular formula is C18H17N3O3S. The highest BCUT2D eigenvalue weighted by Crippen LogP contribution is 2.29. The third-order valence-electron chi connectivity index (χ3n) is 4.12. The lowest BCUT2D eigenvalue weighted by molar-refractivity contribution is 0.133. The molecule has 0 atom stereocenters. The van der Waals surface area contributed by atoms with Gasteiger partial charge in [0.05, 0.1) is 43.5 Å². The topological polar surface area (TPSA) is 64.4 Å². The number of hydrogen-bond donors (Lipinski definition) is 0. The Balaban J connectivity index is 1.74. The quantitative estimate of drug-likeness (QED) is 0.724. The average molecular weight is 355 g/mol. The first-order valence-corrected chi connectivity index (χ1v) is 9.39. The zero-order valence-electron chi connectivity index (χ0n) is 13.4. The maximum Gasteiger partial charge on any atom is 0.267 e. The smallest absolute Gasteiger partial charge is 0.267 e. The van der Waals surface area contributed by atoms with Crippen LogP contribution in [0.25, 0.3) is 5.69 Å². The van der Waals surface area contributed by atoms with Crippen molar-refractivity contribution in [2.75, 3.05) is 17.5 Å². The second kappa shape index (κ2) is 6.34. The van der Waals surface area contributed by atoms with Crippen molar-refractivity contribution in [3.63, 3.8) is 0 Å². The molecule has 0 bridgehead atoms. The van der Waals surface area contributed by atoms with E-state index in [0.29, 0.717) is 18.9 Å². The molecule has 25 heavy (non-hydrogen) atoms. The number of rotatable bonds is 3. The third kappa shape index (κ3) is 2.92. The Bertz CT molecular complexity index is 984. The third-order valence-corrected chi connectivity index (χ3v) is 5.89. The molecule has 128 valence electrons. The maximum absolute atomic E-state index is 13.2. The van der Waals surface area contributed by atoms with Crippen LogP contribution in [0.3, 0.4) is 0 Å². The number of ether oxygens (including phenoxy) is 1. The van der Waals surface area contributed by atoms with E-state index in [4.69, 9.17) is 4.74 Å². The Labute approximate surface area is 146 Å². The van der Waals surface area contributed by atoms with Crippen LogP contribution in [0.2, 0.25) is 0 Å². The molecule has 2 aromatic carbocycles. The summed E-state index contributed by atoms with van der Waals surface area (Å²) in [5, 5.41) is 4.21. The van der Waals surface area contributed by atoms with Crippen LogP contribution in [0, 0.1) is 0 Å². The minimum atomic E-state index is -3.72. The molecule has 2 heterocycles. The lowest BCUT2D eigenvalue weighted by Crippen LogP contribution is -2.33. The molecule has 6 nitrogen and oxygen atoms in total. The van der Waals surface area contributed by atoms with E-state index in [1.165, 1.54) is 10.5 Å². The molecule has 0 N–H and O–H groups in total. The van der Waals surface area contributed by atoms with Crippen LogP contribution < -0.4 is 4.31 Å². The first-order chi connectivity index (χ1) is 12.2. The molecule has 0 aliphatic carbocycles. The molecule has 1 aliphatic heterocycles. The molecule has 0 radical (unpaired) electrons. The van der Waals surface area contributed by atoms with Gasteiger partial charge >= 0.3 is 0 Å². The zero-order valence-corrected chi connectivity index (χ0v) is 14.3. The molecule has 7 heteroatoms. The molecule has 0 unspecified atom stereocenters. The minimum Gasteiger partial charge on any atom is -0.375 e. The highest BCUT2D eigenvalue weighted by molar-refractivity contribution is 7.92. The highest BCUT2D eigenvalue weighted by atomic mass is 32.2. The predicted octanol–water partition coefficient (Wildman–Crippen LogP) is 2.60. The van der Waals surface area contributed by atoms with E-state index in [1.54, 1.807) is 10.9 Å². The second-order valence-corrected chi connectivity index (χ2v) is 7.58. The largest absolute Gasteiger partial charge is 0.375 e. The van der Waals surface area contributed by atoms with Gasteiger partial charge in [-0.15, -0.1) is 0 Å². The lowest BCUT2D eigenvalue weighted by Gasteiger charge is -2.22. The van der Waals surface area contributed by atoms with Crippen molar-refractivity contribution in [2.24, 2.45) is 0 Å². The van der Waals surface area contributed by atoms with Gasteiger partial charge in [-0.3, -0.25) is 4.31 Å². The molecule has 1 aliphatic rings. The summed E-state index contributed by atoms with van der Waals surface area (Å²) in [5.41, 5.74) is 2.33. The zero-order chi connectivity index (χ0) is 17.3. The molecule has 4 rings (SSSR count). The Morgan fingerprint density at radius 3 is 2.60 bits per heavy atom. The fourth-order valence-electron chi connectivity index (χ4n) is 2.86. The molecular weight excluding hydrogens is 338 g/mol. The normalized spacial score (nSPS) is 14.8. The monoisotopic (exact) mass is 355 g/mol. The van der Waals surface area contributed by atoms with Crippen molar-refractivity contribution in [3.05, 3.63) is 72.6 Å². The van der Waals surface area contributed by atoms with Gasteiger partial charge in [-0.2, -0.15) is 5.10 Å². The second-order valence-electron chi connectivity index (χ2n) is 5.71. The van der Waals surface area contributed by atoms with E-state index in [2.05, 4.69) is 5.10 Å². The van der Waals surface area contributed by atoms with E-state index in [1.807, 2.05) is 54.6 Å². The summed E-state index contributed by atoms with van der Waals surface area (Å²) in [6.45, 7) is 1.03. The number of sulfonamides is 1. The molecule has 0 saturated carbocycles. The van der Waals surface area contributed by atoms with Crippen LogP contribution in [0.1, 0.15) is 5.56 Å². The Hall–Kier alpha value is -2.64. The van der Waals surface area contributed by atoms with Crippen molar-refractivity contribution in [2.45, 2.75) is 11.5 Å². The van der Waals surface area contributed by atoms with Crippen molar-refractivity contribution in [1.29, 1.82) is 0 Å². The molecule has 3 aromatic rings. The van der Waals surface area contributed by atoms with Crippen LogP contribution in [0.15, 0.2) is 71.9 Å². The molecule has 0 fully saturated rings. The van der Waals surface area contributed by atoms with Gasteiger partial charge in [0.1, 0.15) is 4.90 Å². The van der Waals surface area contributed by atoms with E-state index in [9.17, 15) is 8.42 Å². The van der Waals surface area contributed by atoms with Gasteiger partial charge in [-0.1, -0.05) is 36.4 Å². The maximum atomic E-state index is 13.2. The van der Waals surface area contributed by atoms with E-state index >= 15 is 0 Å². The summed E-state index contributed by atoms with van der Waals surface area (Å²) in [7, 11) is -3.72. The van der Waals surface area contributed by atoms with Crippen molar-refractivity contribution >= 4 is 15.7 Å². The van der Waals surface area contributed by atoms with Crippen LogP contribution in [0.4, 0.5) is 5.69 Å². The lowest BCUT2D eigenvalue weighted by atomic mass is 10.2. The van der Waals surface area contributed by atoms with E-state index in [0.717, 1.165) is 11.3 Å². The van der Waals surface area contributed by atoms with Crippen LogP contribution in [0.5, 0.6) is 0 Å². The van der Waals surface area contributed by atoms with Crippen molar-refractivity contribution < 1.29 is 13.2 Å². The summed E-state index contributed by atoms with van der Waals surface area (Å²) >= 11 is 0. The molecule has 1 aromatic heterocycles. The average Bonchev–Trinajstić information content (AvgIpc) is 3.04. The number of para-hydroxylation sites is 2. The number of anilines is 1. The number of aromatic nitrogens is 2. The fraction of sp³-hybridized carbons (Fsp3) is 0.167. The van der Waals surface area contributed by atoms with E-state index < -0.39 is 10.0 Å². The van der Waals surface area contributed by atoms with Crippen molar-refractivity contribution in [3.8, 4) is 5.69 Å². The SMILES string of the molecule is O=S(=O)(c1cnn(-c2ccccc2)c1)N1CCOCc2ccccc21. The summed E-state index contributed by atoms with van der Waals surface area (Å²) in [5.74, 6) is 0. The fourth-order valence-corrected chi connectivity index (χ4v) is 4.28. The van der Waals surface area contributed by atoms with Crippen molar-refractivity contribution in [1.82, 2.24) is 9.78 Å². The van der Waals surface area contributed by atoms with Gasteiger partial charge < -0.3 is 4.74 Å². The van der Waals surface area contributed by atoms with Gasteiger partial charge in [-0.05, 0) is 18.2 Å². The summed E-state index contributed by atoms with van der Waals surface area (Å²) in [6, 6.07) is 16.8. The van der Waals surface area contributed by atoms with Crippen LogP contribution in [-0.2, 0) is 21.4 Å². The number of fused-ring (bicyclic) bond motifs is 1. The Morgan fingerprint density at radius 1 is 1.00 bits per heavy atom. The van der Waals surface area contributed by atoms with Gasteiger partial charge in [0.2, 0.25) is 0 Å². The number of nitrogens with zero attached hydrogens (tertiary/aromatic N) is 3. The van der Waals surface area contributed by atoms with Gasteiger partial charge in [0, 0.05) is 5.56 Å². The first-order valence-electron chi connectivity index (χ1n) is 7.95. The first kappa shape index (κ1) is 15.9. The standard InChI is InChI=1S/C18H17N3O3S/c22-25(23,17-12-19-20(13-17)16-7-2-1-3-8-16)21-10-11-24-14-15-6-4-5-9-18(15)21/h1-9,12-13H,10-11,14H2. The molecule has 0 saturated heterocycles. The summed E-state index contributed by atoms with van der Waals surface area (Å²) in [6.07, 6.45) is 2.93. The molecule has 0 spiro atoms. The summed E-state index contributed by atoms with van der Waals surface area (Å²) in [4.78, 5) is 0.160. The highest BCUT2D eigenvalue weighted by Gasteiger charge is 2.29. The van der Waals surface area contributed by atoms with Gasteiger partial charge in [0.15, 0.2) is 0 Å².